The summed E-state index contributed by atoms with van der Waals surface area (Å²) in [7, 11) is 0. The van der Waals surface area contributed by atoms with Crippen molar-refractivity contribution in [1.82, 2.24) is 20.1 Å². The summed E-state index contributed by atoms with van der Waals surface area (Å²) in [5, 5.41) is 9.94. The number of amides is 1. The van der Waals surface area contributed by atoms with Gasteiger partial charge in [-0.1, -0.05) is 30.3 Å². The zero-order valence-electron chi connectivity index (χ0n) is 18.3. The normalized spacial score (nSPS) is 15.2. The first kappa shape index (κ1) is 21.3. The van der Waals surface area contributed by atoms with Crippen LogP contribution in [0.4, 0.5) is 0 Å². The van der Waals surface area contributed by atoms with E-state index in [1.807, 2.05) is 36.6 Å². The van der Waals surface area contributed by atoms with Crippen LogP contribution in [-0.4, -0.2) is 33.2 Å². The average Bonchev–Trinajstić information content (AvgIpc) is 3.52. The van der Waals surface area contributed by atoms with Gasteiger partial charge in [-0.25, -0.2) is 14.5 Å². The molecule has 1 aliphatic rings. The van der Waals surface area contributed by atoms with Crippen LogP contribution in [0.25, 0.3) is 21.6 Å². The molecule has 1 aliphatic carbocycles. The molecule has 3 aromatic heterocycles. The minimum Gasteiger partial charge on any atom is -0.452 e. The molecule has 5 rings (SSSR count). The monoisotopic (exact) mass is 460 g/mol. The van der Waals surface area contributed by atoms with Crippen molar-refractivity contribution < 1.29 is 14.3 Å². The Morgan fingerprint density at radius 1 is 1.24 bits per heavy atom. The maximum atomic E-state index is 13.0. The van der Waals surface area contributed by atoms with Gasteiger partial charge in [0.1, 0.15) is 0 Å². The van der Waals surface area contributed by atoms with E-state index in [0.29, 0.717) is 28.8 Å². The number of nitrogens with one attached hydrogen (secondary N) is 1. The minimum atomic E-state index is -0.560. The lowest BCUT2D eigenvalue weighted by atomic mass is 9.88. The third-order valence-corrected chi connectivity index (χ3v) is 6.83. The highest BCUT2D eigenvalue weighted by Gasteiger charge is 2.23. The Labute approximate surface area is 195 Å². The van der Waals surface area contributed by atoms with E-state index in [-0.39, 0.29) is 18.6 Å². The molecule has 4 aromatic rings. The van der Waals surface area contributed by atoms with Crippen LogP contribution < -0.4 is 5.32 Å². The number of carbonyl (C=O) groups is 2. The largest absolute Gasteiger partial charge is 0.452 e. The summed E-state index contributed by atoms with van der Waals surface area (Å²) in [5.41, 5.74) is 4.08. The predicted octanol–water partition coefficient (Wildman–Crippen LogP) is 4.53. The maximum Gasteiger partial charge on any atom is 0.339 e. The SMILES string of the molecule is CCn1ncc2c(C(=O)OCC(=O)NC3CCCc4ccccc43)cc(-c3cccs3)nc21. The number of esters is 1. The molecule has 1 N–H and O–H groups in total. The number of ether oxygens (including phenoxy) is 1. The van der Waals surface area contributed by atoms with Gasteiger partial charge >= 0.3 is 5.97 Å². The van der Waals surface area contributed by atoms with Gasteiger partial charge in [-0.3, -0.25) is 4.79 Å². The Morgan fingerprint density at radius 3 is 2.94 bits per heavy atom. The number of thiophene rings is 1. The van der Waals surface area contributed by atoms with Gasteiger partial charge in [0.25, 0.3) is 5.91 Å². The predicted molar refractivity (Wildman–Crippen MR) is 127 cm³/mol. The molecule has 0 saturated heterocycles. The molecule has 0 fully saturated rings. The number of aromatic nitrogens is 3. The van der Waals surface area contributed by atoms with Crippen molar-refractivity contribution in [2.75, 3.05) is 6.61 Å². The van der Waals surface area contributed by atoms with Crippen LogP contribution >= 0.6 is 11.3 Å². The lowest BCUT2D eigenvalue weighted by Gasteiger charge is -2.26. The molecule has 1 amide bonds. The van der Waals surface area contributed by atoms with Gasteiger partial charge in [0, 0.05) is 6.54 Å². The fourth-order valence-corrected chi connectivity index (χ4v) is 5.03. The topological polar surface area (TPSA) is 86.1 Å². The first-order valence-corrected chi connectivity index (χ1v) is 12.0. The summed E-state index contributed by atoms with van der Waals surface area (Å²) in [5.74, 6) is -0.867. The van der Waals surface area contributed by atoms with E-state index in [9.17, 15) is 9.59 Å². The van der Waals surface area contributed by atoms with Crippen molar-refractivity contribution in [3.05, 3.63) is 70.7 Å². The lowest BCUT2D eigenvalue weighted by molar-refractivity contribution is -0.125. The number of rotatable bonds is 6. The van der Waals surface area contributed by atoms with Crippen LogP contribution in [0.5, 0.6) is 0 Å². The molecule has 7 nitrogen and oxygen atoms in total. The summed E-state index contributed by atoms with van der Waals surface area (Å²) in [6.45, 7) is 2.26. The van der Waals surface area contributed by atoms with Crippen LogP contribution in [0.15, 0.2) is 54.0 Å². The Bertz CT molecular complexity index is 1310. The van der Waals surface area contributed by atoms with E-state index in [1.165, 1.54) is 5.56 Å². The summed E-state index contributed by atoms with van der Waals surface area (Å²) < 4.78 is 7.18. The summed E-state index contributed by atoms with van der Waals surface area (Å²) in [4.78, 5) is 31.3. The first-order chi connectivity index (χ1) is 16.1. The quantitative estimate of drug-likeness (QED) is 0.427. The third-order valence-electron chi connectivity index (χ3n) is 5.94. The molecule has 1 aromatic carbocycles. The Kier molecular flexibility index (Phi) is 5.92. The van der Waals surface area contributed by atoms with Crippen molar-refractivity contribution in [2.24, 2.45) is 0 Å². The zero-order chi connectivity index (χ0) is 22.8. The highest BCUT2D eigenvalue weighted by atomic mass is 32.1. The molecular formula is C25H24N4O3S. The van der Waals surface area contributed by atoms with E-state index in [2.05, 4.69) is 22.5 Å². The van der Waals surface area contributed by atoms with Crippen LogP contribution in [0.3, 0.4) is 0 Å². The van der Waals surface area contributed by atoms with E-state index >= 15 is 0 Å². The fourth-order valence-electron chi connectivity index (χ4n) is 4.35. The second kappa shape index (κ2) is 9.15. The Hall–Kier alpha value is -3.52. The van der Waals surface area contributed by atoms with Gasteiger partial charge in [-0.15, -0.1) is 11.3 Å². The second-order valence-corrected chi connectivity index (χ2v) is 8.96. The number of carbonyl (C=O) groups excluding carboxylic acids is 2. The molecule has 0 bridgehead atoms. The number of hydrogen-bond donors (Lipinski definition) is 1. The number of nitrogens with zero attached hydrogens (tertiary/aromatic N) is 3. The fraction of sp³-hybridized carbons (Fsp3) is 0.280. The van der Waals surface area contributed by atoms with Gasteiger partial charge in [-0.05, 0) is 54.8 Å². The molecule has 1 unspecified atom stereocenters. The van der Waals surface area contributed by atoms with Crippen LogP contribution in [-0.2, 0) is 22.5 Å². The highest BCUT2D eigenvalue weighted by molar-refractivity contribution is 7.13. The molecule has 33 heavy (non-hydrogen) atoms. The number of aryl methyl sites for hydroxylation is 2. The van der Waals surface area contributed by atoms with Crippen molar-refractivity contribution in [2.45, 2.75) is 38.8 Å². The van der Waals surface area contributed by atoms with Crippen LogP contribution in [0, 0.1) is 0 Å². The van der Waals surface area contributed by atoms with Crippen molar-refractivity contribution in [3.8, 4) is 10.6 Å². The Balaban J connectivity index is 1.33. The summed E-state index contributed by atoms with van der Waals surface area (Å²) in [6, 6.07) is 13.7. The standard InChI is InChI=1S/C25H24N4O3S/c1-2-29-24-19(14-26-29)18(13-21(28-24)22-11-6-12-33-22)25(31)32-15-23(30)27-20-10-5-8-16-7-3-4-9-17(16)20/h3-4,6-7,9,11-14,20H,2,5,8,10,15H2,1H3,(H,27,30). The third kappa shape index (κ3) is 4.26. The molecule has 1 atom stereocenters. The van der Waals surface area contributed by atoms with Gasteiger partial charge in [0.15, 0.2) is 12.3 Å². The second-order valence-electron chi connectivity index (χ2n) is 8.02. The van der Waals surface area contributed by atoms with E-state index in [0.717, 1.165) is 29.7 Å². The van der Waals surface area contributed by atoms with E-state index < -0.39 is 5.97 Å². The smallest absolute Gasteiger partial charge is 0.339 e. The molecule has 168 valence electrons. The van der Waals surface area contributed by atoms with Crippen LogP contribution in [0.2, 0.25) is 0 Å². The number of pyridine rings is 1. The molecular weight excluding hydrogens is 436 g/mol. The number of hydrogen-bond acceptors (Lipinski definition) is 6. The highest BCUT2D eigenvalue weighted by Crippen LogP contribution is 2.30. The van der Waals surface area contributed by atoms with E-state index in [4.69, 9.17) is 9.72 Å². The van der Waals surface area contributed by atoms with Gasteiger partial charge in [0.2, 0.25) is 0 Å². The molecule has 0 aliphatic heterocycles. The lowest BCUT2D eigenvalue weighted by Crippen LogP contribution is -2.34. The maximum absolute atomic E-state index is 13.0. The number of benzene rings is 1. The van der Waals surface area contributed by atoms with Crippen molar-refractivity contribution in [3.63, 3.8) is 0 Å². The van der Waals surface area contributed by atoms with E-state index in [1.54, 1.807) is 28.3 Å². The van der Waals surface area contributed by atoms with Gasteiger partial charge in [-0.2, -0.15) is 5.10 Å². The first-order valence-electron chi connectivity index (χ1n) is 11.1. The minimum absolute atomic E-state index is 0.0537. The number of fused-ring (bicyclic) bond motifs is 2. The molecule has 8 heteroatoms. The molecule has 0 saturated carbocycles. The summed E-state index contributed by atoms with van der Waals surface area (Å²) >= 11 is 1.54. The van der Waals surface area contributed by atoms with Crippen molar-refractivity contribution in [1.29, 1.82) is 0 Å². The van der Waals surface area contributed by atoms with Crippen LogP contribution in [0.1, 0.15) is 47.3 Å². The summed E-state index contributed by atoms with van der Waals surface area (Å²) in [6.07, 6.45) is 4.54. The van der Waals surface area contributed by atoms with Gasteiger partial charge in [0.05, 0.1) is 33.8 Å². The molecule has 3 heterocycles. The van der Waals surface area contributed by atoms with Crippen molar-refractivity contribution >= 4 is 34.2 Å². The zero-order valence-corrected chi connectivity index (χ0v) is 19.1. The Morgan fingerprint density at radius 2 is 2.12 bits per heavy atom. The molecule has 0 spiro atoms. The molecule has 0 radical (unpaired) electrons. The van der Waals surface area contributed by atoms with Gasteiger partial charge < -0.3 is 10.1 Å². The average molecular weight is 461 g/mol.